The summed E-state index contributed by atoms with van der Waals surface area (Å²) in [5.74, 6) is 0. The second kappa shape index (κ2) is 6.64. The second-order valence-corrected chi connectivity index (χ2v) is 6.41. The highest BCUT2D eigenvalue weighted by atomic mass is 16.3. The van der Waals surface area contributed by atoms with Crippen LogP contribution in [-0.4, -0.2) is 29.6 Å². The number of benzene rings is 2. The summed E-state index contributed by atoms with van der Waals surface area (Å²) in [6, 6.07) is 21.0. The first kappa shape index (κ1) is 15.3. The van der Waals surface area contributed by atoms with Crippen LogP contribution >= 0.6 is 0 Å². The Kier molecular flexibility index (Phi) is 4.60. The highest BCUT2D eigenvalue weighted by molar-refractivity contribution is 5.26. The van der Waals surface area contributed by atoms with Gasteiger partial charge in [-0.15, -0.1) is 0 Å². The smallest absolute Gasteiger partial charge is 0.105 e. The van der Waals surface area contributed by atoms with E-state index in [-0.39, 0.29) is 6.04 Å². The molecular weight excluding hydrogens is 270 g/mol. The van der Waals surface area contributed by atoms with E-state index in [1.54, 1.807) is 0 Å². The normalized spacial score (nSPS) is 24.8. The minimum absolute atomic E-state index is 0.207. The molecule has 0 bridgehead atoms. The van der Waals surface area contributed by atoms with Crippen LogP contribution in [0.25, 0.3) is 0 Å². The van der Waals surface area contributed by atoms with Crippen molar-refractivity contribution in [1.82, 2.24) is 4.90 Å². The summed E-state index contributed by atoms with van der Waals surface area (Å²) < 4.78 is 0. The van der Waals surface area contributed by atoms with Crippen LogP contribution in [0.3, 0.4) is 0 Å². The molecule has 2 atom stereocenters. The van der Waals surface area contributed by atoms with Gasteiger partial charge in [-0.25, -0.2) is 0 Å². The lowest BCUT2D eigenvalue weighted by molar-refractivity contribution is -0.0246. The fraction of sp³-hybridized carbons (Fsp3) is 0.400. The Morgan fingerprint density at radius 3 is 2.36 bits per heavy atom. The van der Waals surface area contributed by atoms with Crippen LogP contribution in [0.1, 0.15) is 30.4 Å². The van der Waals surface area contributed by atoms with Gasteiger partial charge in [-0.1, -0.05) is 60.7 Å². The first-order chi connectivity index (χ1) is 10.7. The van der Waals surface area contributed by atoms with Crippen molar-refractivity contribution in [2.24, 2.45) is 0 Å². The highest BCUT2D eigenvalue weighted by Gasteiger charge is 2.44. The predicted molar refractivity (Wildman–Crippen MR) is 90.8 cm³/mol. The van der Waals surface area contributed by atoms with Crippen molar-refractivity contribution in [3.05, 3.63) is 71.8 Å². The molecule has 0 saturated heterocycles. The summed E-state index contributed by atoms with van der Waals surface area (Å²) in [5, 5.41) is 11.2. The summed E-state index contributed by atoms with van der Waals surface area (Å²) in [4.78, 5) is 2.34. The van der Waals surface area contributed by atoms with Crippen molar-refractivity contribution in [3.63, 3.8) is 0 Å². The van der Waals surface area contributed by atoms with E-state index < -0.39 is 5.60 Å². The van der Waals surface area contributed by atoms with Crippen LogP contribution in [0, 0.1) is 0 Å². The number of nitrogens with zero attached hydrogens (tertiary/aromatic N) is 1. The standard InChI is InChI=1S/C20H25NO/c1-21(16-14-17-9-4-2-5-10-17)19-13-8-15-20(19,22)18-11-6-3-7-12-18/h2-7,9-12,19,22H,8,13-16H2,1H3/t19-,20?/m1/s1. The van der Waals surface area contributed by atoms with E-state index in [4.69, 9.17) is 0 Å². The Balaban J connectivity index is 1.70. The molecule has 1 unspecified atom stereocenters. The van der Waals surface area contributed by atoms with E-state index in [2.05, 4.69) is 54.4 Å². The van der Waals surface area contributed by atoms with Crippen LogP contribution in [0.4, 0.5) is 0 Å². The predicted octanol–water partition coefficient (Wildman–Crippen LogP) is 3.60. The monoisotopic (exact) mass is 295 g/mol. The number of rotatable bonds is 5. The van der Waals surface area contributed by atoms with Gasteiger partial charge in [-0.05, 0) is 43.9 Å². The Labute approximate surface area is 133 Å². The molecule has 3 rings (SSSR count). The number of aliphatic hydroxyl groups is 1. The molecular formula is C20H25NO. The number of likely N-dealkylation sites (N-methyl/N-ethyl adjacent to an activating group) is 1. The van der Waals surface area contributed by atoms with E-state index >= 15 is 0 Å². The first-order valence-electron chi connectivity index (χ1n) is 8.22. The quantitative estimate of drug-likeness (QED) is 0.911. The number of hydrogen-bond acceptors (Lipinski definition) is 2. The lowest BCUT2D eigenvalue weighted by Gasteiger charge is -2.37. The third-order valence-electron chi connectivity index (χ3n) is 4.99. The summed E-state index contributed by atoms with van der Waals surface area (Å²) in [5.41, 5.74) is 1.71. The molecule has 1 N–H and O–H groups in total. The van der Waals surface area contributed by atoms with Gasteiger partial charge < -0.3 is 5.11 Å². The maximum absolute atomic E-state index is 11.2. The maximum atomic E-state index is 11.2. The molecule has 0 aliphatic heterocycles. The fourth-order valence-corrected chi connectivity index (χ4v) is 3.72. The van der Waals surface area contributed by atoms with Crippen molar-refractivity contribution in [2.45, 2.75) is 37.3 Å². The minimum Gasteiger partial charge on any atom is -0.384 e. The van der Waals surface area contributed by atoms with E-state index in [1.165, 1.54) is 5.56 Å². The molecule has 2 heteroatoms. The molecule has 1 saturated carbocycles. The molecule has 0 aromatic heterocycles. The van der Waals surface area contributed by atoms with Crippen LogP contribution in [-0.2, 0) is 12.0 Å². The topological polar surface area (TPSA) is 23.5 Å². The fourth-order valence-electron chi connectivity index (χ4n) is 3.72. The van der Waals surface area contributed by atoms with Gasteiger partial charge in [0.1, 0.15) is 5.60 Å². The molecule has 22 heavy (non-hydrogen) atoms. The van der Waals surface area contributed by atoms with Gasteiger partial charge in [0.25, 0.3) is 0 Å². The van der Waals surface area contributed by atoms with Gasteiger partial charge in [-0.2, -0.15) is 0 Å². The van der Waals surface area contributed by atoms with E-state index in [1.807, 2.05) is 18.2 Å². The summed E-state index contributed by atoms with van der Waals surface area (Å²) in [7, 11) is 2.15. The Morgan fingerprint density at radius 2 is 1.68 bits per heavy atom. The van der Waals surface area contributed by atoms with Gasteiger partial charge in [-0.3, -0.25) is 4.90 Å². The molecule has 2 aromatic rings. The Hall–Kier alpha value is -1.64. The number of hydrogen-bond donors (Lipinski definition) is 1. The van der Waals surface area contributed by atoms with Crippen LogP contribution < -0.4 is 0 Å². The van der Waals surface area contributed by atoms with Crippen LogP contribution in [0.2, 0.25) is 0 Å². The summed E-state index contributed by atoms with van der Waals surface area (Å²) in [6.07, 6.45) is 4.04. The highest BCUT2D eigenvalue weighted by Crippen LogP contribution is 2.41. The molecule has 116 valence electrons. The summed E-state index contributed by atoms with van der Waals surface area (Å²) >= 11 is 0. The zero-order chi connectivity index (χ0) is 15.4. The van der Waals surface area contributed by atoms with Crippen molar-refractivity contribution in [1.29, 1.82) is 0 Å². The molecule has 2 aromatic carbocycles. The van der Waals surface area contributed by atoms with Crippen molar-refractivity contribution >= 4 is 0 Å². The van der Waals surface area contributed by atoms with E-state index in [0.29, 0.717) is 0 Å². The molecule has 2 nitrogen and oxygen atoms in total. The molecule has 0 heterocycles. The zero-order valence-electron chi connectivity index (χ0n) is 13.3. The SMILES string of the molecule is CN(CCc1ccccc1)[C@@H]1CCCC1(O)c1ccccc1. The summed E-state index contributed by atoms with van der Waals surface area (Å²) in [6.45, 7) is 0.976. The van der Waals surface area contributed by atoms with Gasteiger partial charge in [0.05, 0.1) is 0 Å². The molecule has 1 aliphatic rings. The average molecular weight is 295 g/mol. The molecule has 1 aliphatic carbocycles. The van der Waals surface area contributed by atoms with Gasteiger partial charge in [0.15, 0.2) is 0 Å². The third kappa shape index (κ3) is 3.08. The Bertz CT molecular complexity index is 583. The molecule has 0 radical (unpaired) electrons. The lowest BCUT2D eigenvalue weighted by atomic mass is 9.88. The van der Waals surface area contributed by atoms with Crippen LogP contribution in [0.15, 0.2) is 60.7 Å². The van der Waals surface area contributed by atoms with E-state index in [9.17, 15) is 5.11 Å². The Morgan fingerprint density at radius 1 is 1.05 bits per heavy atom. The van der Waals surface area contributed by atoms with Gasteiger partial charge >= 0.3 is 0 Å². The van der Waals surface area contributed by atoms with Crippen LogP contribution in [0.5, 0.6) is 0 Å². The molecule has 0 amide bonds. The van der Waals surface area contributed by atoms with Crippen molar-refractivity contribution in [3.8, 4) is 0 Å². The van der Waals surface area contributed by atoms with E-state index in [0.717, 1.165) is 37.8 Å². The molecule has 0 spiro atoms. The maximum Gasteiger partial charge on any atom is 0.105 e. The van der Waals surface area contributed by atoms with Gasteiger partial charge in [0, 0.05) is 12.6 Å². The second-order valence-electron chi connectivity index (χ2n) is 6.41. The van der Waals surface area contributed by atoms with Crippen molar-refractivity contribution < 1.29 is 5.11 Å². The van der Waals surface area contributed by atoms with Gasteiger partial charge in [0.2, 0.25) is 0 Å². The minimum atomic E-state index is -0.702. The average Bonchev–Trinajstić information content (AvgIpc) is 2.98. The lowest BCUT2D eigenvalue weighted by Crippen LogP contribution is -2.46. The third-order valence-corrected chi connectivity index (χ3v) is 4.99. The zero-order valence-corrected chi connectivity index (χ0v) is 13.3. The molecule has 1 fully saturated rings. The van der Waals surface area contributed by atoms with Crippen molar-refractivity contribution in [2.75, 3.05) is 13.6 Å². The largest absolute Gasteiger partial charge is 0.384 e. The first-order valence-corrected chi connectivity index (χ1v) is 8.22.